The molecule has 1 aromatic carbocycles. The molecule has 0 aromatic heterocycles. The zero-order chi connectivity index (χ0) is 12.7. The summed E-state index contributed by atoms with van der Waals surface area (Å²) in [6, 6.07) is 8.34. The minimum Gasteiger partial charge on any atom is -0.478 e. The number of rotatable bonds is 1. The molecule has 1 aromatic rings. The molecule has 0 radical (unpaired) electrons. The largest absolute Gasteiger partial charge is 0.478 e. The number of hydrogen-bond acceptors (Lipinski definition) is 3. The second-order valence-electron chi connectivity index (χ2n) is 4.44. The lowest BCUT2D eigenvalue weighted by atomic mass is 10.00. The molecular weight excluding hydrogens is 246 g/mol. The molecule has 0 fully saturated rings. The number of fused-ring (bicyclic) bond motifs is 2. The standard InChI is InChI=1S/C14H13NO2S/c1-15-10-4-2-3-5-12(10)18-13-7-6-9(14(16)17)8-11(13)15/h2-8,11,13H,1H3,(H,16,17). The fraction of sp³-hybridized carbons (Fsp3) is 0.214. The number of carboxylic acid groups (broad SMARTS) is 1. The fourth-order valence-electron chi connectivity index (χ4n) is 2.39. The molecule has 0 saturated heterocycles. The van der Waals surface area contributed by atoms with Gasteiger partial charge < -0.3 is 10.0 Å². The maximum Gasteiger partial charge on any atom is 0.335 e. The molecule has 18 heavy (non-hydrogen) atoms. The van der Waals surface area contributed by atoms with Gasteiger partial charge >= 0.3 is 5.97 Å². The van der Waals surface area contributed by atoms with Gasteiger partial charge in [-0.3, -0.25) is 0 Å². The summed E-state index contributed by atoms with van der Waals surface area (Å²) in [5.74, 6) is -0.859. The summed E-state index contributed by atoms with van der Waals surface area (Å²) in [4.78, 5) is 14.4. The van der Waals surface area contributed by atoms with Crippen molar-refractivity contribution < 1.29 is 9.90 Å². The van der Waals surface area contributed by atoms with Crippen LogP contribution in [0.15, 0.2) is 53.0 Å². The molecule has 0 amide bonds. The minimum atomic E-state index is -0.859. The fourth-order valence-corrected chi connectivity index (χ4v) is 3.73. The number of aliphatic carboxylic acids is 1. The normalized spacial score (nSPS) is 25.2. The van der Waals surface area contributed by atoms with Gasteiger partial charge in [0.2, 0.25) is 0 Å². The zero-order valence-electron chi connectivity index (χ0n) is 9.91. The van der Waals surface area contributed by atoms with E-state index in [4.69, 9.17) is 5.11 Å². The smallest absolute Gasteiger partial charge is 0.335 e. The predicted octanol–water partition coefficient (Wildman–Crippen LogP) is 2.55. The second-order valence-corrected chi connectivity index (χ2v) is 5.66. The van der Waals surface area contributed by atoms with Crippen molar-refractivity contribution in [1.29, 1.82) is 0 Å². The Morgan fingerprint density at radius 3 is 2.94 bits per heavy atom. The van der Waals surface area contributed by atoms with Gasteiger partial charge in [0.15, 0.2) is 0 Å². The van der Waals surface area contributed by atoms with Crippen molar-refractivity contribution in [3.8, 4) is 0 Å². The molecule has 1 aliphatic carbocycles. The van der Waals surface area contributed by atoms with E-state index in [0.717, 1.165) is 0 Å². The number of nitrogens with zero attached hydrogens (tertiary/aromatic N) is 1. The van der Waals surface area contributed by atoms with Gasteiger partial charge in [-0.2, -0.15) is 0 Å². The van der Waals surface area contributed by atoms with Crippen molar-refractivity contribution in [3.63, 3.8) is 0 Å². The first-order valence-electron chi connectivity index (χ1n) is 5.78. The van der Waals surface area contributed by atoms with Crippen LogP contribution >= 0.6 is 11.8 Å². The van der Waals surface area contributed by atoms with Crippen LogP contribution in [0.1, 0.15) is 0 Å². The molecule has 4 heteroatoms. The molecule has 2 atom stereocenters. The highest BCUT2D eigenvalue weighted by molar-refractivity contribution is 8.00. The van der Waals surface area contributed by atoms with E-state index in [1.54, 1.807) is 17.8 Å². The third-order valence-corrected chi connectivity index (χ3v) is 4.66. The maximum absolute atomic E-state index is 11.0. The minimum absolute atomic E-state index is 0.112. The Morgan fingerprint density at radius 2 is 2.17 bits per heavy atom. The Morgan fingerprint density at radius 1 is 1.39 bits per heavy atom. The monoisotopic (exact) mass is 259 g/mol. The average molecular weight is 259 g/mol. The number of anilines is 1. The Labute approximate surface area is 110 Å². The van der Waals surface area contributed by atoms with Crippen LogP contribution in [0, 0.1) is 0 Å². The van der Waals surface area contributed by atoms with Gasteiger partial charge in [0, 0.05) is 11.9 Å². The number of para-hydroxylation sites is 1. The van der Waals surface area contributed by atoms with E-state index < -0.39 is 5.97 Å². The van der Waals surface area contributed by atoms with Crippen LogP contribution in [-0.4, -0.2) is 29.4 Å². The van der Waals surface area contributed by atoms with Gasteiger partial charge in [0.1, 0.15) is 0 Å². The van der Waals surface area contributed by atoms with Crippen LogP contribution in [0.2, 0.25) is 0 Å². The summed E-state index contributed by atoms with van der Waals surface area (Å²) in [7, 11) is 2.02. The molecular formula is C14H13NO2S. The van der Waals surface area contributed by atoms with Crippen molar-refractivity contribution in [2.24, 2.45) is 0 Å². The number of benzene rings is 1. The highest BCUT2D eigenvalue weighted by Gasteiger charge is 2.32. The summed E-state index contributed by atoms with van der Waals surface area (Å²) in [5, 5.41) is 9.35. The first kappa shape index (κ1) is 11.4. The van der Waals surface area contributed by atoms with Crippen LogP contribution in [0.3, 0.4) is 0 Å². The molecule has 0 spiro atoms. The quantitative estimate of drug-likeness (QED) is 0.841. The summed E-state index contributed by atoms with van der Waals surface area (Å²) in [6.45, 7) is 0. The van der Waals surface area contributed by atoms with Crippen molar-refractivity contribution in [2.45, 2.75) is 16.2 Å². The lowest BCUT2D eigenvalue weighted by molar-refractivity contribution is -0.132. The molecule has 92 valence electrons. The molecule has 3 rings (SSSR count). The highest BCUT2D eigenvalue weighted by atomic mass is 32.2. The SMILES string of the molecule is CN1c2ccccc2SC2C=CC(C(=O)O)=CC21. The maximum atomic E-state index is 11.0. The molecule has 2 aliphatic rings. The third kappa shape index (κ3) is 1.73. The van der Waals surface area contributed by atoms with Crippen LogP contribution < -0.4 is 4.90 Å². The first-order valence-corrected chi connectivity index (χ1v) is 6.66. The summed E-state index contributed by atoms with van der Waals surface area (Å²) in [5.41, 5.74) is 1.54. The molecule has 0 saturated carbocycles. The van der Waals surface area contributed by atoms with Gasteiger partial charge in [-0.05, 0) is 18.2 Å². The average Bonchev–Trinajstić information content (AvgIpc) is 2.38. The van der Waals surface area contributed by atoms with E-state index in [9.17, 15) is 4.79 Å². The van der Waals surface area contributed by atoms with Crippen LogP contribution in [-0.2, 0) is 4.79 Å². The number of carbonyl (C=O) groups is 1. The Bertz CT molecular complexity index is 565. The molecule has 1 aliphatic heterocycles. The Hall–Kier alpha value is -1.68. The van der Waals surface area contributed by atoms with Crippen LogP contribution in [0.25, 0.3) is 0 Å². The van der Waals surface area contributed by atoms with Gasteiger partial charge in [-0.25, -0.2) is 4.79 Å². The summed E-state index contributed by atoms with van der Waals surface area (Å²) >= 11 is 1.79. The van der Waals surface area contributed by atoms with Crippen molar-refractivity contribution in [3.05, 3.63) is 48.1 Å². The second kappa shape index (κ2) is 4.21. The number of thioether (sulfide) groups is 1. The summed E-state index contributed by atoms with van der Waals surface area (Å²) < 4.78 is 0. The number of carboxylic acids is 1. The Kier molecular flexibility index (Phi) is 2.67. The van der Waals surface area contributed by atoms with E-state index in [2.05, 4.69) is 17.0 Å². The van der Waals surface area contributed by atoms with Crippen LogP contribution in [0.4, 0.5) is 5.69 Å². The lowest BCUT2D eigenvalue weighted by Gasteiger charge is -2.40. The molecule has 2 unspecified atom stereocenters. The highest BCUT2D eigenvalue weighted by Crippen LogP contribution is 2.43. The topological polar surface area (TPSA) is 40.5 Å². The number of hydrogen-bond donors (Lipinski definition) is 1. The van der Waals surface area contributed by atoms with E-state index in [-0.39, 0.29) is 11.3 Å². The van der Waals surface area contributed by atoms with Crippen LogP contribution in [0.5, 0.6) is 0 Å². The third-order valence-electron chi connectivity index (χ3n) is 3.35. The molecule has 1 heterocycles. The van der Waals surface area contributed by atoms with Crippen molar-refractivity contribution in [2.75, 3.05) is 11.9 Å². The van der Waals surface area contributed by atoms with Gasteiger partial charge in [0.25, 0.3) is 0 Å². The van der Waals surface area contributed by atoms with Gasteiger partial charge in [-0.15, -0.1) is 11.8 Å². The van der Waals surface area contributed by atoms with E-state index in [1.165, 1.54) is 10.6 Å². The summed E-state index contributed by atoms with van der Waals surface area (Å²) in [6.07, 6.45) is 5.54. The Balaban J connectivity index is 2.02. The van der Waals surface area contributed by atoms with Gasteiger partial charge in [-0.1, -0.05) is 24.3 Å². The van der Waals surface area contributed by atoms with Crippen molar-refractivity contribution in [1.82, 2.24) is 0 Å². The number of likely N-dealkylation sites (N-methyl/N-ethyl adjacent to an activating group) is 1. The lowest BCUT2D eigenvalue weighted by Crippen LogP contribution is -2.42. The predicted molar refractivity (Wildman–Crippen MR) is 73.1 cm³/mol. The molecule has 0 bridgehead atoms. The van der Waals surface area contributed by atoms with E-state index >= 15 is 0 Å². The van der Waals surface area contributed by atoms with Crippen molar-refractivity contribution >= 4 is 23.4 Å². The first-order chi connectivity index (χ1) is 8.66. The zero-order valence-corrected chi connectivity index (χ0v) is 10.7. The van der Waals surface area contributed by atoms with Gasteiger partial charge in [0.05, 0.1) is 22.6 Å². The van der Waals surface area contributed by atoms with E-state index in [1.807, 2.05) is 31.3 Å². The molecule has 1 N–H and O–H groups in total. The van der Waals surface area contributed by atoms with E-state index in [0.29, 0.717) is 5.57 Å². The molecule has 3 nitrogen and oxygen atoms in total.